The first-order valence-electron chi connectivity index (χ1n) is 6.98. The predicted molar refractivity (Wildman–Crippen MR) is 67.8 cm³/mol. The smallest absolute Gasteiger partial charge is 0.0868 e. The number of hydrogen-bond acceptors (Lipinski definition) is 4. The number of hydrogen-bond donors (Lipinski definition) is 3. The van der Waals surface area contributed by atoms with Crippen LogP contribution in [0.1, 0.15) is 38.5 Å². The number of nitrogens with zero attached hydrogens (tertiary/aromatic N) is 1. The number of nitrogens with one attached hydrogen (secondary N) is 1. The lowest BCUT2D eigenvalue weighted by atomic mass is 9.68. The molecule has 0 amide bonds. The molecule has 2 bridgehead atoms. The van der Waals surface area contributed by atoms with Gasteiger partial charge in [0.15, 0.2) is 0 Å². The second kappa shape index (κ2) is 3.92. The maximum atomic E-state index is 11.1. The Morgan fingerprint density at radius 2 is 1.94 bits per heavy atom. The topological polar surface area (TPSA) is 61.5 Å². The summed E-state index contributed by atoms with van der Waals surface area (Å²) in [6.07, 6.45) is 6.22. The summed E-state index contributed by atoms with van der Waals surface area (Å²) in [5.41, 5.74) is 5.47. The first-order valence-corrected chi connectivity index (χ1v) is 6.98. The van der Waals surface area contributed by atoms with Gasteiger partial charge in [-0.15, -0.1) is 0 Å². The Bertz CT molecular complexity index is 287. The van der Waals surface area contributed by atoms with Crippen LogP contribution < -0.4 is 11.1 Å². The zero-order valence-electron chi connectivity index (χ0n) is 10.8. The van der Waals surface area contributed by atoms with Gasteiger partial charge in [-0.3, -0.25) is 0 Å². The van der Waals surface area contributed by atoms with Crippen LogP contribution in [0.2, 0.25) is 0 Å². The zero-order chi connectivity index (χ0) is 12.1. The summed E-state index contributed by atoms with van der Waals surface area (Å²) < 4.78 is 0. The second-order valence-electron chi connectivity index (χ2n) is 6.43. The van der Waals surface area contributed by atoms with E-state index in [9.17, 15) is 5.11 Å². The Morgan fingerprint density at radius 3 is 2.47 bits per heavy atom. The van der Waals surface area contributed by atoms with E-state index in [0.717, 1.165) is 38.8 Å². The molecule has 0 radical (unpaired) electrons. The van der Waals surface area contributed by atoms with Crippen molar-refractivity contribution in [1.82, 2.24) is 10.2 Å². The summed E-state index contributed by atoms with van der Waals surface area (Å²) in [6, 6.07) is 1.09. The van der Waals surface area contributed by atoms with Crippen LogP contribution in [0.15, 0.2) is 0 Å². The molecular weight excluding hydrogens is 214 g/mol. The molecule has 0 aromatic heterocycles. The fourth-order valence-electron chi connectivity index (χ4n) is 4.18. The van der Waals surface area contributed by atoms with Crippen molar-refractivity contribution >= 4 is 0 Å². The van der Waals surface area contributed by atoms with Gasteiger partial charge in [0.25, 0.3) is 0 Å². The molecule has 4 N–H and O–H groups in total. The van der Waals surface area contributed by atoms with Gasteiger partial charge >= 0.3 is 0 Å². The molecule has 0 aromatic rings. The van der Waals surface area contributed by atoms with Crippen LogP contribution in [0.4, 0.5) is 0 Å². The summed E-state index contributed by atoms with van der Waals surface area (Å²) in [6.45, 7) is 1.81. The summed E-state index contributed by atoms with van der Waals surface area (Å²) in [5, 5.41) is 14.4. The van der Waals surface area contributed by atoms with Crippen molar-refractivity contribution < 1.29 is 5.11 Å². The number of aliphatic hydroxyl groups is 1. The fraction of sp³-hybridized carbons (Fsp3) is 1.00. The molecule has 3 atom stereocenters. The Morgan fingerprint density at radius 1 is 1.29 bits per heavy atom. The van der Waals surface area contributed by atoms with E-state index in [0.29, 0.717) is 12.1 Å². The molecular formula is C13H25N3O. The highest BCUT2D eigenvalue weighted by Crippen LogP contribution is 2.45. The molecule has 0 saturated carbocycles. The highest BCUT2D eigenvalue weighted by atomic mass is 16.3. The number of nitrogens with two attached hydrogens (primary N) is 1. The molecule has 3 saturated heterocycles. The first-order chi connectivity index (χ1) is 8.04. The molecule has 4 nitrogen and oxygen atoms in total. The van der Waals surface area contributed by atoms with Crippen LogP contribution in [-0.2, 0) is 0 Å². The highest BCUT2D eigenvalue weighted by Gasteiger charge is 2.55. The van der Waals surface area contributed by atoms with Crippen molar-refractivity contribution in [2.24, 2.45) is 5.73 Å². The molecule has 3 unspecified atom stereocenters. The molecule has 3 aliphatic rings. The molecule has 3 rings (SSSR count). The van der Waals surface area contributed by atoms with E-state index in [-0.39, 0.29) is 0 Å². The van der Waals surface area contributed by atoms with Crippen LogP contribution in [0, 0.1) is 0 Å². The third-order valence-corrected chi connectivity index (χ3v) is 5.48. The average Bonchev–Trinajstić information content (AvgIpc) is 2.53. The van der Waals surface area contributed by atoms with Crippen LogP contribution in [0.5, 0.6) is 0 Å². The molecule has 3 heterocycles. The minimum atomic E-state index is -0.654. The van der Waals surface area contributed by atoms with Gasteiger partial charge in [0.2, 0.25) is 0 Å². The van der Waals surface area contributed by atoms with E-state index in [1.165, 1.54) is 12.8 Å². The van der Waals surface area contributed by atoms with E-state index in [1.807, 2.05) is 0 Å². The summed E-state index contributed by atoms with van der Waals surface area (Å²) in [5.74, 6) is 0. The summed E-state index contributed by atoms with van der Waals surface area (Å²) in [7, 11) is 2.20. The lowest BCUT2D eigenvalue weighted by Gasteiger charge is -2.53. The monoisotopic (exact) mass is 239 g/mol. The van der Waals surface area contributed by atoms with Gasteiger partial charge in [-0.2, -0.15) is 0 Å². The second-order valence-corrected chi connectivity index (χ2v) is 6.43. The predicted octanol–water partition coefficient (Wildman–Crippen LogP) is 0.0550. The Hall–Kier alpha value is -0.160. The van der Waals surface area contributed by atoms with E-state index < -0.39 is 11.1 Å². The third kappa shape index (κ3) is 1.73. The molecule has 0 aliphatic carbocycles. The molecule has 98 valence electrons. The third-order valence-electron chi connectivity index (χ3n) is 5.48. The lowest BCUT2D eigenvalue weighted by Crippen LogP contribution is -2.70. The van der Waals surface area contributed by atoms with Gasteiger partial charge in [-0.05, 0) is 52.1 Å². The van der Waals surface area contributed by atoms with Crippen LogP contribution in [0.25, 0.3) is 0 Å². The van der Waals surface area contributed by atoms with Crippen LogP contribution in [0.3, 0.4) is 0 Å². The summed E-state index contributed by atoms with van der Waals surface area (Å²) in [4.78, 5) is 2.45. The SMILES string of the molecule is CN1C2CCC1CC(O)(C1(N)CCCNC1)C2. The summed E-state index contributed by atoms with van der Waals surface area (Å²) >= 11 is 0. The first kappa shape index (κ1) is 11.9. The van der Waals surface area contributed by atoms with Gasteiger partial charge in [-0.1, -0.05) is 0 Å². The maximum absolute atomic E-state index is 11.1. The zero-order valence-corrected chi connectivity index (χ0v) is 10.8. The van der Waals surface area contributed by atoms with Crippen molar-refractivity contribution in [2.45, 2.75) is 61.7 Å². The highest BCUT2D eigenvalue weighted by molar-refractivity contribution is 5.13. The van der Waals surface area contributed by atoms with Gasteiger partial charge in [-0.25, -0.2) is 0 Å². The lowest BCUT2D eigenvalue weighted by molar-refractivity contribution is -0.104. The largest absolute Gasteiger partial charge is 0.388 e. The molecule has 4 heteroatoms. The van der Waals surface area contributed by atoms with Gasteiger partial charge < -0.3 is 21.1 Å². The number of rotatable bonds is 1. The van der Waals surface area contributed by atoms with Gasteiger partial charge in [0, 0.05) is 18.6 Å². The van der Waals surface area contributed by atoms with Gasteiger partial charge in [0.05, 0.1) is 11.1 Å². The molecule has 3 aliphatic heterocycles. The number of piperidine rings is 2. The fourth-order valence-corrected chi connectivity index (χ4v) is 4.18. The standard InChI is InChI=1S/C13H25N3O/c1-16-10-3-4-11(16)8-13(17,7-10)12(14)5-2-6-15-9-12/h10-11,15,17H,2-9,14H2,1H3. The van der Waals surface area contributed by atoms with Crippen LogP contribution >= 0.6 is 0 Å². The Kier molecular flexibility index (Phi) is 2.74. The quantitative estimate of drug-likeness (QED) is 0.605. The molecule has 0 spiro atoms. The molecule has 0 aromatic carbocycles. The van der Waals surface area contributed by atoms with E-state index in [2.05, 4.69) is 17.3 Å². The molecule has 17 heavy (non-hydrogen) atoms. The van der Waals surface area contributed by atoms with Crippen molar-refractivity contribution in [2.75, 3.05) is 20.1 Å². The average molecular weight is 239 g/mol. The number of fused-ring (bicyclic) bond motifs is 2. The van der Waals surface area contributed by atoms with Gasteiger partial charge in [0.1, 0.15) is 0 Å². The minimum absolute atomic E-state index is 0.409. The normalized spacial score (nSPS) is 51.7. The Balaban J connectivity index is 1.82. The maximum Gasteiger partial charge on any atom is 0.0868 e. The van der Waals surface area contributed by atoms with Crippen molar-refractivity contribution in [3.8, 4) is 0 Å². The van der Waals surface area contributed by atoms with E-state index in [4.69, 9.17) is 5.73 Å². The molecule has 3 fully saturated rings. The Labute approximate surface area is 104 Å². The van der Waals surface area contributed by atoms with Crippen molar-refractivity contribution in [1.29, 1.82) is 0 Å². The van der Waals surface area contributed by atoms with Crippen molar-refractivity contribution in [3.63, 3.8) is 0 Å². The van der Waals surface area contributed by atoms with E-state index in [1.54, 1.807) is 0 Å². The minimum Gasteiger partial charge on any atom is -0.388 e. The van der Waals surface area contributed by atoms with E-state index >= 15 is 0 Å². The van der Waals surface area contributed by atoms with Crippen molar-refractivity contribution in [3.05, 3.63) is 0 Å². The van der Waals surface area contributed by atoms with Crippen LogP contribution in [-0.4, -0.2) is 53.4 Å².